The molecule has 176 valence electrons. The molecule has 3 amide bonds. The van der Waals surface area contributed by atoms with Gasteiger partial charge in [-0.3, -0.25) is 14.4 Å². The van der Waals surface area contributed by atoms with E-state index in [2.05, 4.69) is 16.0 Å². The topological polar surface area (TPSA) is 90.5 Å². The van der Waals surface area contributed by atoms with Crippen LogP contribution in [0, 0.1) is 5.92 Å². The van der Waals surface area contributed by atoms with Crippen molar-refractivity contribution in [3.63, 3.8) is 0 Å². The number of halogens is 2. The molecule has 2 unspecified atom stereocenters. The Balaban J connectivity index is 1.93. The molecule has 1 aliphatic rings. The summed E-state index contributed by atoms with van der Waals surface area (Å²) in [7, 11) is 1.67. The molecule has 3 N–H and O–H groups in total. The van der Waals surface area contributed by atoms with E-state index in [1.807, 2.05) is 38.1 Å². The van der Waals surface area contributed by atoms with Crippen molar-refractivity contribution in [1.29, 1.82) is 0 Å². The third-order valence-electron chi connectivity index (χ3n) is 5.80. The van der Waals surface area contributed by atoms with Crippen molar-refractivity contribution in [2.45, 2.75) is 45.4 Å². The monoisotopic (exact) mass is 490 g/mol. The zero-order valence-electron chi connectivity index (χ0n) is 19.0. The van der Waals surface area contributed by atoms with E-state index in [9.17, 15) is 14.4 Å². The first-order valence-corrected chi connectivity index (χ1v) is 11.5. The van der Waals surface area contributed by atoms with E-state index in [4.69, 9.17) is 23.2 Å². The van der Waals surface area contributed by atoms with Gasteiger partial charge >= 0.3 is 0 Å². The van der Waals surface area contributed by atoms with Gasteiger partial charge in [-0.1, -0.05) is 67.4 Å². The first kappa shape index (κ1) is 25.0. The summed E-state index contributed by atoms with van der Waals surface area (Å²) < 4.78 is 0. The van der Waals surface area contributed by atoms with E-state index in [-0.39, 0.29) is 24.3 Å². The van der Waals surface area contributed by atoms with Gasteiger partial charge < -0.3 is 20.9 Å². The van der Waals surface area contributed by atoms with Crippen molar-refractivity contribution in [3.8, 4) is 0 Å². The summed E-state index contributed by atoms with van der Waals surface area (Å²) in [4.78, 5) is 41.1. The van der Waals surface area contributed by atoms with Crippen LogP contribution >= 0.6 is 23.2 Å². The van der Waals surface area contributed by atoms with Crippen LogP contribution in [0.15, 0.2) is 42.5 Å². The Kier molecular flexibility index (Phi) is 8.00. The predicted octanol–water partition coefficient (Wildman–Crippen LogP) is 3.76. The SMILES string of the molecule is CNC(C)C(=O)NC(C(=O)N1Cc2ccccc2[C@H]1C(=O)Nc1c(Cl)cccc1Cl)C(C)C. The summed E-state index contributed by atoms with van der Waals surface area (Å²) in [5.41, 5.74) is 1.89. The van der Waals surface area contributed by atoms with Gasteiger partial charge in [-0.15, -0.1) is 0 Å². The van der Waals surface area contributed by atoms with Gasteiger partial charge in [0.25, 0.3) is 5.91 Å². The lowest BCUT2D eigenvalue weighted by molar-refractivity contribution is -0.143. The average Bonchev–Trinajstić information content (AvgIpc) is 3.18. The van der Waals surface area contributed by atoms with Crippen LogP contribution in [0.2, 0.25) is 10.0 Å². The zero-order chi connectivity index (χ0) is 24.3. The molecule has 7 nitrogen and oxygen atoms in total. The van der Waals surface area contributed by atoms with Crippen molar-refractivity contribution in [1.82, 2.24) is 15.5 Å². The number of rotatable bonds is 7. The van der Waals surface area contributed by atoms with Gasteiger partial charge in [-0.05, 0) is 43.1 Å². The quantitative estimate of drug-likeness (QED) is 0.550. The average molecular weight is 491 g/mol. The summed E-state index contributed by atoms with van der Waals surface area (Å²) in [6.45, 7) is 5.68. The molecule has 0 saturated heterocycles. The van der Waals surface area contributed by atoms with Gasteiger partial charge in [-0.2, -0.15) is 0 Å². The molecule has 0 aromatic heterocycles. The van der Waals surface area contributed by atoms with Crippen LogP contribution in [0.25, 0.3) is 0 Å². The van der Waals surface area contributed by atoms with E-state index in [1.165, 1.54) is 4.90 Å². The highest BCUT2D eigenvalue weighted by Gasteiger charge is 2.42. The second-order valence-electron chi connectivity index (χ2n) is 8.39. The molecule has 0 radical (unpaired) electrons. The number of fused-ring (bicyclic) bond motifs is 1. The van der Waals surface area contributed by atoms with Crippen molar-refractivity contribution in [3.05, 3.63) is 63.6 Å². The minimum Gasteiger partial charge on any atom is -0.343 e. The number of para-hydroxylation sites is 1. The molecule has 0 spiro atoms. The fraction of sp³-hybridized carbons (Fsp3) is 0.375. The number of hydrogen-bond acceptors (Lipinski definition) is 4. The van der Waals surface area contributed by atoms with E-state index in [0.29, 0.717) is 15.7 Å². The maximum absolute atomic E-state index is 13.7. The van der Waals surface area contributed by atoms with E-state index in [1.54, 1.807) is 32.2 Å². The van der Waals surface area contributed by atoms with Crippen LogP contribution in [0.5, 0.6) is 0 Å². The highest BCUT2D eigenvalue weighted by molar-refractivity contribution is 6.39. The smallest absolute Gasteiger partial charge is 0.251 e. The number of nitrogens with zero attached hydrogens (tertiary/aromatic N) is 1. The van der Waals surface area contributed by atoms with Crippen LogP contribution in [-0.4, -0.2) is 41.8 Å². The third kappa shape index (κ3) is 5.32. The Hall–Kier alpha value is -2.61. The maximum Gasteiger partial charge on any atom is 0.251 e. The molecule has 2 aromatic carbocycles. The van der Waals surface area contributed by atoms with Crippen LogP contribution < -0.4 is 16.0 Å². The molecule has 0 saturated carbocycles. The van der Waals surface area contributed by atoms with Gasteiger partial charge in [0.05, 0.1) is 21.8 Å². The number of carbonyl (C=O) groups excluding carboxylic acids is 3. The largest absolute Gasteiger partial charge is 0.343 e. The molecule has 0 fully saturated rings. The Morgan fingerprint density at radius 2 is 1.64 bits per heavy atom. The van der Waals surface area contributed by atoms with Crippen molar-refractivity contribution in [2.75, 3.05) is 12.4 Å². The number of nitrogens with one attached hydrogen (secondary N) is 3. The molecule has 33 heavy (non-hydrogen) atoms. The van der Waals surface area contributed by atoms with Crippen molar-refractivity contribution in [2.24, 2.45) is 5.92 Å². The molecule has 2 aromatic rings. The predicted molar refractivity (Wildman–Crippen MR) is 130 cm³/mol. The zero-order valence-corrected chi connectivity index (χ0v) is 20.5. The second kappa shape index (κ2) is 10.5. The number of anilines is 1. The molecule has 9 heteroatoms. The fourth-order valence-electron chi connectivity index (χ4n) is 3.79. The van der Waals surface area contributed by atoms with Crippen LogP contribution in [0.3, 0.4) is 0 Å². The second-order valence-corrected chi connectivity index (χ2v) is 9.21. The van der Waals surface area contributed by atoms with Gasteiger partial charge in [-0.25, -0.2) is 0 Å². The maximum atomic E-state index is 13.7. The summed E-state index contributed by atoms with van der Waals surface area (Å²) >= 11 is 12.5. The van der Waals surface area contributed by atoms with Crippen LogP contribution in [-0.2, 0) is 20.9 Å². The number of hydrogen-bond donors (Lipinski definition) is 3. The number of amides is 3. The van der Waals surface area contributed by atoms with Gasteiger partial charge in [0.15, 0.2) is 0 Å². The van der Waals surface area contributed by atoms with E-state index < -0.39 is 24.0 Å². The molecule has 1 heterocycles. The Bertz CT molecular complexity index is 1040. The van der Waals surface area contributed by atoms with Gasteiger partial charge in [0.2, 0.25) is 11.8 Å². The normalized spacial score (nSPS) is 16.8. The lowest BCUT2D eigenvalue weighted by Gasteiger charge is -2.31. The molecule has 0 bridgehead atoms. The van der Waals surface area contributed by atoms with Crippen LogP contribution in [0.4, 0.5) is 5.69 Å². The van der Waals surface area contributed by atoms with Crippen molar-refractivity contribution < 1.29 is 14.4 Å². The summed E-state index contributed by atoms with van der Waals surface area (Å²) in [5.74, 6) is -1.23. The summed E-state index contributed by atoms with van der Waals surface area (Å²) in [6.07, 6.45) is 0. The number of carbonyl (C=O) groups is 3. The number of benzene rings is 2. The molecule has 3 atom stereocenters. The summed E-state index contributed by atoms with van der Waals surface area (Å²) in [6, 6.07) is 10.2. The first-order chi connectivity index (χ1) is 15.6. The molecule has 0 aliphatic carbocycles. The first-order valence-electron chi connectivity index (χ1n) is 10.8. The van der Waals surface area contributed by atoms with Gasteiger partial charge in [0.1, 0.15) is 12.1 Å². The lowest BCUT2D eigenvalue weighted by Crippen LogP contribution is -2.55. The fourth-order valence-corrected chi connectivity index (χ4v) is 4.28. The van der Waals surface area contributed by atoms with Crippen LogP contribution in [0.1, 0.15) is 37.9 Å². The van der Waals surface area contributed by atoms with E-state index in [0.717, 1.165) is 11.1 Å². The molecule has 3 rings (SSSR count). The molecular formula is C24H28Cl2N4O3. The Morgan fingerprint density at radius 3 is 2.24 bits per heavy atom. The summed E-state index contributed by atoms with van der Waals surface area (Å²) in [5, 5.41) is 9.09. The molecular weight excluding hydrogens is 463 g/mol. The Morgan fingerprint density at radius 1 is 1.00 bits per heavy atom. The highest BCUT2D eigenvalue weighted by atomic mass is 35.5. The van der Waals surface area contributed by atoms with Crippen molar-refractivity contribution >= 4 is 46.6 Å². The molecule has 1 aliphatic heterocycles. The minimum absolute atomic E-state index is 0.184. The minimum atomic E-state index is -0.888. The third-order valence-corrected chi connectivity index (χ3v) is 6.43. The Labute approximate surface area is 203 Å². The lowest BCUT2D eigenvalue weighted by atomic mass is 10.0. The standard InChI is InChI=1S/C24H28Cl2N4O3/c1-13(2)19(28-22(31)14(3)27-4)24(33)30-12-15-8-5-6-9-16(15)21(30)23(32)29-20-17(25)10-7-11-18(20)26/h5-11,13-14,19,21,27H,12H2,1-4H3,(H,28,31)(H,29,32)/t14?,19?,21-/m0/s1. The van der Waals surface area contributed by atoms with Gasteiger partial charge in [0, 0.05) is 6.54 Å². The highest BCUT2D eigenvalue weighted by Crippen LogP contribution is 2.37. The number of likely N-dealkylation sites (N-methyl/N-ethyl adjacent to an activating group) is 1. The van der Waals surface area contributed by atoms with E-state index >= 15 is 0 Å².